The summed E-state index contributed by atoms with van der Waals surface area (Å²) < 4.78 is 0. The van der Waals surface area contributed by atoms with Crippen LogP contribution in [0.25, 0.3) is 0 Å². The molecule has 0 radical (unpaired) electrons. The summed E-state index contributed by atoms with van der Waals surface area (Å²) in [6, 6.07) is 0. The summed E-state index contributed by atoms with van der Waals surface area (Å²) in [5.41, 5.74) is -0.770. The van der Waals surface area contributed by atoms with E-state index in [0.29, 0.717) is 13.1 Å². The van der Waals surface area contributed by atoms with Gasteiger partial charge in [0.1, 0.15) is 0 Å². The molecule has 0 spiro atoms. The van der Waals surface area contributed by atoms with Crippen LogP contribution in [-0.2, 0) is 9.59 Å². The van der Waals surface area contributed by atoms with E-state index < -0.39 is 17.4 Å². The van der Waals surface area contributed by atoms with Crippen molar-refractivity contribution in [2.75, 3.05) is 19.7 Å². The summed E-state index contributed by atoms with van der Waals surface area (Å²) in [7, 11) is 0. The number of carbonyl (C=O) groups excluding carboxylic acids is 2. The quantitative estimate of drug-likeness (QED) is 0.654. The molecule has 0 heterocycles. The van der Waals surface area contributed by atoms with Gasteiger partial charge in [-0.1, -0.05) is 26.7 Å². The molecule has 5 heteroatoms. The number of aliphatic hydroxyl groups excluding tert-OH is 1. The summed E-state index contributed by atoms with van der Waals surface area (Å²) in [6.45, 7) is 8.50. The maximum atomic E-state index is 12.1. The third-order valence-electron chi connectivity index (χ3n) is 2.89. The van der Waals surface area contributed by atoms with E-state index in [1.807, 2.05) is 0 Å². The Hall–Kier alpha value is -1.10. The minimum absolute atomic E-state index is 0.198. The zero-order valence-electron chi connectivity index (χ0n) is 12.7. The van der Waals surface area contributed by atoms with Crippen LogP contribution in [0.15, 0.2) is 0 Å². The van der Waals surface area contributed by atoms with Crippen LogP contribution < -0.4 is 5.32 Å². The SMILES string of the molecule is CCCCN(CCCC)C(=O)C(=O)NC(C)(C)CO. The van der Waals surface area contributed by atoms with Crippen molar-refractivity contribution in [2.24, 2.45) is 0 Å². The van der Waals surface area contributed by atoms with Gasteiger partial charge in [-0.05, 0) is 26.7 Å². The van der Waals surface area contributed by atoms with Gasteiger partial charge in [-0.3, -0.25) is 9.59 Å². The van der Waals surface area contributed by atoms with Gasteiger partial charge >= 0.3 is 11.8 Å². The van der Waals surface area contributed by atoms with Crippen molar-refractivity contribution in [1.82, 2.24) is 10.2 Å². The van der Waals surface area contributed by atoms with Crippen molar-refractivity contribution in [3.05, 3.63) is 0 Å². The van der Waals surface area contributed by atoms with E-state index in [2.05, 4.69) is 19.2 Å². The minimum Gasteiger partial charge on any atom is -0.394 e. The number of aliphatic hydroxyl groups is 1. The minimum atomic E-state index is -0.770. The van der Waals surface area contributed by atoms with Gasteiger partial charge in [-0.25, -0.2) is 0 Å². The van der Waals surface area contributed by atoms with Crippen molar-refractivity contribution in [2.45, 2.75) is 58.9 Å². The molecule has 0 atom stereocenters. The molecular formula is C14H28N2O3. The van der Waals surface area contributed by atoms with Crippen LogP contribution in [-0.4, -0.2) is 47.1 Å². The topological polar surface area (TPSA) is 69.6 Å². The third kappa shape index (κ3) is 7.15. The number of nitrogens with one attached hydrogen (secondary N) is 1. The van der Waals surface area contributed by atoms with E-state index in [1.54, 1.807) is 18.7 Å². The van der Waals surface area contributed by atoms with E-state index in [4.69, 9.17) is 5.11 Å². The highest BCUT2D eigenvalue weighted by Gasteiger charge is 2.26. The predicted molar refractivity (Wildman–Crippen MR) is 75.7 cm³/mol. The summed E-state index contributed by atoms with van der Waals surface area (Å²) in [5.74, 6) is -1.13. The predicted octanol–water partition coefficient (Wildman–Crippen LogP) is 1.30. The van der Waals surface area contributed by atoms with Crippen molar-refractivity contribution >= 4 is 11.8 Å². The van der Waals surface area contributed by atoms with Crippen LogP contribution in [0.1, 0.15) is 53.4 Å². The average molecular weight is 272 g/mol. The molecule has 0 rings (SSSR count). The lowest BCUT2D eigenvalue weighted by molar-refractivity contribution is -0.147. The Labute approximate surface area is 116 Å². The molecule has 0 aromatic rings. The lowest BCUT2D eigenvalue weighted by Gasteiger charge is -2.26. The van der Waals surface area contributed by atoms with Crippen molar-refractivity contribution < 1.29 is 14.7 Å². The molecule has 0 bridgehead atoms. The third-order valence-corrected chi connectivity index (χ3v) is 2.89. The second kappa shape index (κ2) is 8.91. The maximum absolute atomic E-state index is 12.1. The average Bonchev–Trinajstić information content (AvgIpc) is 2.37. The van der Waals surface area contributed by atoms with Crippen molar-refractivity contribution in [3.63, 3.8) is 0 Å². The van der Waals surface area contributed by atoms with Crippen LogP contribution >= 0.6 is 0 Å². The highest BCUT2D eigenvalue weighted by molar-refractivity contribution is 6.35. The normalized spacial score (nSPS) is 11.2. The molecule has 0 saturated carbocycles. The Balaban J connectivity index is 4.54. The Morgan fingerprint density at radius 3 is 1.95 bits per heavy atom. The fourth-order valence-electron chi connectivity index (χ4n) is 1.56. The zero-order valence-corrected chi connectivity index (χ0v) is 12.7. The monoisotopic (exact) mass is 272 g/mol. The van der Waals surface area contributed by atoms with Gasteiger partial charge in [0, 0.05) is 13.1 Å². The number of unbranched alkanes of at least 4 members (excludes halogenated alkanes) is 2. The van der Waals surface area contributed by atoms with Gasteiger partial charge in [0.05, 0.1) is 12.1 Å². The van der Waals surface area contributed by atoms with Crippen LogP contribution in [0.5, 0.6) is 0 Å². The summed E-state index contributed by atoms with van der Waals surface area (Å²) in [4.78, 5) is 25.6. The largest absolute Gasteiger partial charge is 0.394 e. The standard InChI is InChI=1S/C14H28N2O3/c1-5-7-9-16(10-8-6-2)13(19)12(18)15-14(3,4)11-17/h17H,5-11H2,1-4H3,(H,15,18). The fraction of sp³-hybridized carbons (Fsp3) is 0.857. The van der Waals surface area contributed by atoms with Crippen LogP contribution in [0.3, 0.4) is 0 Å². The second-order valence-electron chi connectivity index (χ2n) is 5.50. The van der Waals surface area contributed by atoms with Gasteiger partial charge < -0.3 is 15.3 Å². The maximum Gasteiger partial charge on any atom is 0.311 e. The van der Waals surface area contributed by atoms with E-state index >= 15 is 0 Å². The van der Waals surface area contributed by atoms with Gasteiger partial charge in [0.25, 0.3) is 0 Å². The molecule has 2 amide bonds. The molecule has 0 aliphatic rings. The Kier molecular flexibility index (Phi) is 8.39. The zero-order chi connectivity index (χ0) is 14.9. The van der Waals surface area contributed by atoms with Crippen LogP contribution in [0, 0.1) is 0 Å². The molecule has 2 N–H and O–H groups in total. The molecule has 19 heavy (non-hydrogen) atoms. The number of carbonyl (C=O) groups is 2. The number of nitrogens with zero attached hydrogens (tertiary/aromatic N) is 1. The van der Waals surface area contributed by atoms with E-state index in [9.17, 15) is 9.59 Å². The highest BCUT2D eigenvalue weighted by atomic mass is 16.3. The van der Waals surface area contributed by atoms with Crippen LogP contribution in [0.2, 0.25) is 0 Å². The Morgan fingerprint density at radius 1 is 1.11 bits per heavy atom. The summed E-state index contributed by atoms with van der Waals surface area (Å²) in [6.07, 6.45) is 3.76. The molecule has 0 saturated heterocycles. The van der Waals surface area contributed by atoms with Gasteiger partial charge in [-0.15, -0.1) is 0 Å². The number of rotatable bonds is 8. The lowest BCUT2D eigenvalue weighted by Crippen LogP contribution is -2.52. The second-order valence-corrected chi connectivity index (χ2v) is 5.50. The molecule has 0 aromatic heterocycles. The Bertz CT molecular complexity index is 282. The van der Waals surface area contributed by atoms with Gasteiger partial charge in [0.2, 0.25) is 0 Å². The smallest absolute Gasteiger partial charge is 0.311 e. The number of hydrogen-bond donors (Lipinski definition) is 2. The summed E-state index contributed by atoms with van der Waals surface area (Å²) in [5, 5.41) is 11.7. The molecule has 5 nitrogen and oxygen atoms in total. The fourth-order valence-corrected chi connectivity index (χ4v) is 1.56. The van der Waals surface area contributed by atoms with Gasteiger partial charge in [0.15, 0.2) is 0 Å². The Morgan fingerprint density at radius 2 is 1.58 bits per heavy atom. The summed E-state index contributed by atoms with van der Waals surface area (Å²) >= 11 is 0. The molecule has 0 aliphatic carbocycles. The molecule has 0 unspecified atom stereocenters. The first-order chi connectivity index (χ1) is 8.87. The van der Waals surface area contributed by atoms with Crippen molar-refractivity contribution in [1.29, 1.82) is 0 Å². The number of amides is 2. The van der Waals surface area contributed by atoms with E-state index in [1.165, 1.54) is 0 Å². The van der Waals surface area contributed by atoms with E-state index in [-0.39, 0.29) is 6.61 Å². The first kappa shape index (κ1) is 17.9. The van der Waals surface area contributed by atoms with Crippen LogP contribution in [0.4, 0.5) is 0 Å². The first-order valence-corrected chi connectivity index (χ1v) is 7.10. The van der Waals surface area contributed by atoms with Crippen molar-refractivity contribution in [3.8, 4) is 0 Å². The van der Waals surface area contributed by atoms with E-state index in [0.717, 1.165) is 25.7 Å². The lowest BCUT2D eigenvalue weighted by atomic mass is 10.1. The molecule has 0 aliphatic heterocycles. The molecular weight excluding hydrogens is 244 g/mol. The molecule has 112 valence electrons. The highest BCUT2D eigenvalue weighted by Crippen LogP contribution is 2.03. The first-order valence-electron chi connectivity index (χ1n) is 7.10. The molecule has 0 fully saturated rings. The molecule has 0 aromatic carbocycles. The number of hydrogen-bond acceptors (Lipinski definition) is 3. The van der Waals surface area contributed by atoms with Gasteiger partial charge in [-0.2, -0.15) is 0 Å².